The van der Waals surface area contributed by atoms with Crippen molar-refractivity contribution in [2.45, 2.75) is 128 Å². The fourth-order valence-corrected chi connectivity index (χ4v) is 12.1. The number of piperazine rings is 1. The maximum Gasteiger partial charge on any atom is 0.417 e. The molecule has 0 spiro atoms. The molecule has 0 aliphatic carbocycles. The van der Waals surface area contributed by atoms with Crippen LogP contribution in [0.25, 0.3) is 22.2 Å². The minimum atomic E-state index is -5.22. The van der Waals surface area contributed by atoms with Gasteiger partial charge in [-0.1, -0.05) is 31.2 Å². The van der Waals surface area contributed by atoms with Crippen molar-refractivity contribution < 1.29 is 54.5 Å². The number of hydrogen-bond donors (Lipinski definition) is 0. The third-order valence-electron chi connectivity index (χ3n) is 15.3. The number of aromatic nitrogens is 3. The van der Waals surface area contributed by atoms with E-state index in [0.717, 1.165) is 51.8 Å². The number of amides is 1. The van der Waals surface area contributed by atoms with E-state index in [1.165, 1.54) is 19.1 Å². The molecule has 4 atom stereocenters. The first kappa shape index (κ1) is 49.5. The third kappa shape index (κ3) is 8.45. The van der Waals surface area contributed by atoms with Crippen LogP contribution in [-0.4, -0.2) is 100 Å². The fourth-order valence-electron chi connectivity index (χ4n) is 12.1. The number of rotatable bonds is 11. The van der Waals surface area contributed by atoms with Crippen molar-refractivity contribution in [2.75, 3.05) is 50.3 Å². The summed E-state index contributed by atoms with van der Waals surface area (Å²) in [6.07, 6.45) is -3.89. The number of carbonyl (C=O) groups excluding carboxylic acids is 1. The molecule has 384 valence electrons. The predicted octanol–water partition coefficient (Wildman–Crippen LogP) is 11.3. The maximum absolute atomic E-state index is 18.2. The second kappa shape index (κ2) is 17.8. The molecule has 4 saturated heterocycles. The van der Waals surface area contributed by atoms with Crippen molar-refractivity contribution in [1.29, 1.82) is 0 Å². The topological polar surface area (TPSA) is 106 Å². The molecule has 3 aromatic carbocycles. The van der Waals surface area contributed by atoms with Gasteiger partial charge in [0, 0.05) is 31.5 Å². The first-order valence-electron chi connectivity index (χ1n) is 24.4. The van der Waals surface area contributed by atoms with Crippen molar-refractivity contribution in [2.24, 2.45) is 5.92 Å². The number of hydrogen-bond acceptors (Lipinski definition) is 11. The minimum absolute atomic E-state index is 0.00220. The molecule has 0 unspecified atom stereocenters. The zero-order valence-corrected chi connectivity index (χ0v) is 41.4. The van der Waals surface area contributed by atoms with Gasteiger partial charge in [-0.3, -0.25) is 4.90 Å². The number of fused-ring (bicyclic) bond motifs is 6. The van der Waals surface area contributed by atoms with Crippen LogP contribution in [0.1, 0.15) is 94.2 Å². The lowest BCUT2D eigenvalue weighted by Crippen LogP contribution is -2.72. The lowest BCUT2D eigenvalue weighted by Gasteiger charge is -2.53. The highest BCUT2D eigenvalue weighted by atomic mass is 19.4. The monoisotopic (exact) mass is 1010 g/mol. The number of carbonyl (C=O) groups is 1. The zero-order chi connectivity index (χ0) is 51.3. The van der Waals surface area contributed by atoms with E-state index in [4.69, 9.17) is 23.9 Å². The van der Waals surface area contributed by atoms with Crippen LogP contribution in [0, 0.1) is 24.5 Å². The molecule has 10 rings (SSSR count). The minimum Gasteiger partial charge on any atom is -0.497 e. The van der Waals surface area contributed by atoms with Crippen LogP contribution in [-0.2, 0) is 30.4 Å². The largest absolute Gasteiger partial charge is 0.497 e. The molecular formula is C53H58F7N7O5. The highest BCUT2D eigenvalue weighted by Crippen LogP contribution is 2.56. The van der Waals surface area contributed by atoms with E-state index in [0.29, 0.717) is 27.5 Å². The summed E-state index contributed by atoms with van der Waals surface area (Å²) in [5, 5.41) is -0.0648. The number of benzene rings is 3. The number of nitrogens with zero attached hydrogens (tertiary/aromatic N) is 7. The van der Waals surface area contributed by atoms with Crippen molar-refractivity contribution in [3.05, 3.63) is 94.2 Å². The van der Waals surface area contributed by atoms with Gasteiger partial charge >= 0.3 is 18.3 Å². The Hall–Kier alpha value is -6.11. The molecular weight excluding hydrogens is 948 g/mol. The number of methoxy groups -OCH3 is 2. The second-order valence-electron chi connectivity index (χ2n) is 21.1. The van der Waals surface area contributed by atoms with Gasteiger partial charge in [0.15, 0.2) is 5.82 Å². The predicted molar refractivity (Wildman–Crippen MR) is 256 cm³/mol. The number of alkyl halides is 5. The van der Waals surface area contributed by atoms with E-state index in [2.05, 4.69) is 14.9 Å². The normalized spacial score (nSPS) is 23.5. The zero-order valence-electron chi connectivity index (χ0n) is 41.4. The highest BCUT2D eigenvalue weighted by Gasteiger charge is 2.70. The van der Waals surface area contributed by atoms with Gasteiger partial charge in [-0.05, 0) is 126 Å². The Kier molecular flexibility index (Phi) is 12.2. The molecule has 4 fully saturated rings. The first-order valence-corrected chi connectivity index (χ1v) is 24.4. The van der Waals surface area contributed by atoms with Gasteiger partial charge in [0.25, 0.3) is 0 Å². The van der Waals surface area contributed by atoms with E-state index in [1.54, 1.807) is 81.1 Å². The number of ether oxygens (including phenoxy) is 4. The highest BCUT2D eigenvalue weighted by molar-refractivity contribution is 5.96. The van der Waals surface area contributed by atoms with Gasteiger partial charge in [0.2, 0.25) is 11.6 Å². The van der Waals surface area contributed by atoms with E-state index in [-0.39, 0.29) is 66.7 Å². The van der Waals surface area contributed by atoms with Gasteiger partial charge in [-0.15, -0.1) is 0 Å². The number of pyridine rings is 1. The Morgan fingerprint density at radius 2 is 1.46 bits per heavy atom. The van der Waals surface area contributed by atoms with Gasteiger partial charge in [0.1, 0.15) is 46.6 Å². The molecule has 19 heteroatoms. The molecule has 5 aliphatic heterocycles. The van der Waals surface area contributed by atoms with Crippen LogP contribution in [0.15, 0.2) is 54.6 Å². The average molecular weight is 1010 g/mol. The number of halogens is 7. The van der Waals surface area contributed by atoms with Gasteiger partial charge in [-0.25, -0.2) is 32.2 Å². The molecule has 12 nitrogen and oxygen atoms in total. The standard InChI is InChI=1S/C53H58F7N7O5/c1-30-24-37-39-44(62-47(71-29-50-18-8-22-65(50)23-9-19-50)63-46(39)66-28-51(56)20-21-52(57,45(30)66)67(51)48(68)72-49(3,4)5)42(55)43(61-37)36-25-38(41(54)31(2)40(36)53(58,59)60)64(26-32-10-14-34(69-6)15-11-32)27-33-12-16-35(70-7)17-13-33/h10-17,25,30,45H,8-9,18-24,26-29H2,1-7H3/t30-,45-,51+,52-/m0/s1. The van der Waals surface area contributed by atoms with Crippen LogP contribution in [0.2, 0.25) is 0 Å². The molecule has 5 aromatic rings. The van der Waals surface area contributed by atoms with Crippen LogP contribution >= 0.6 is 0 Å². The molecule has 0 saturated carbocycles. The van der Waals surface area contributed by atoms with Crippen molar-refractivity contribution in [3.8, 4) is 28.8 Å². The smallest absolute Gasteiger partial charge is 0.417 e. The van der Waals surface area contributed by atoms with Crippen molar-refractivity contribution >= 4 is 28.5 Å². The molecule has 0 N–H and O–H groups in total. The van der Waals surface area contributed by atoms with Gasteiger partial charge in [-0.2, -0.15) is 23.1 Å². The summed E-state index contributed by atoms with van der Waals surface area (Å²) >= 11 is 0. The Balaban J connectivity index is 1.17. The van der Waals surface area contributed by atoms with Crippen LogP contribution in [0.5, 0.6) is 17.5 Å². The average Bonchev–Trinajstić information content (AvgIpc) is 3.94. The molecule has 5 aliphatic rings. The van der Waals surface area contributed by atoms with Crippen LogP contribution in [0.4, 0.5) is 47.0 Å². The molecule has 72 heavy (non-hydrogen) atoms. The molecule has 7 heterocycles. The van der Waals surface area contributed by atoms with Gasteiger partial charge < -0.3 is 28.7 Å². The van der Waals surface area contributed by atoms with Gasteiger partial charge in [0.05, 0.1) is 54.7 Å². The summed E-state index contributed by atoms with van der Waals surface area (Å²) in [5.74, 6) is -7.64. The molecule has 2 bridgehead atoms. The lowest BCUT2D eigenvalue weighted by atomic mass is 9.86. The van der Waals surface area contributed by atoms with E-state index < -0.39 is 93.9 Å². The van der Waals surface area contributed by atoms with Crippen LogP contribution < -0.4 is 24.0 Å². The summed E-state index contributed by atoms with van der Waals surface area (Å²) in [6.45, 7) is 8.65. The molecule has 1 amide bonds. The second-order valence-corrected chi connectivity index (χ2v) is 21.1. The van der Waals surface area contributed by atoms with Crippen molar-refractivity contribution in [1.82, 2.24) is 24.8 Å². The first-order chi connectivity index (χ1) is 34.1. The summed E-state index contributed by atoms with van der Waals surface area (Å²) in [6, 6.07) is 13.1. The quantitative estimate of drug-likeness (QED) is 0.0933. The maximum atomic E-state index is 18.2. The SMILES string of the molecule is COc1ccc(CN(Cc2ccc(OC)cc2)c2cc(-c3nc4c5c(nc(OCC67CCCN6CCC7)nc5c3F)N3C[C@@]5(F)CC[C@@](F)([C@@H]3[C@@H](C)C4)N5C(=O)OC(C)(C)C)c(C(F)(F)F)c(C)c2F)cc1. The van der Waals surface area contributed by atoms with E-state index in [9.17, 15) is 4.79 Å². The lowest BCUT2D eigenvalue weighted by molar-refractivity contribution is -0.139. The Labute approximate surface area is 413 Å². The van der Waals surface area contributed by atoms with Crippen LogP contribution in [0.3, 0.4) is 0 Å². The molecule has 2 aromatic heterocycles. The summed E-state index contributed by atoms with van der Waals surface area (Å²) in [7, 11) is 3.02. The Morgan fingerprint density at radius 3 is 2.03 bits per heavy atom. The van der Waals surface area contributed by atoms with Crippen molar-refractivity contribution in [3.63, 3.8) is 0 Å². The Morgan fingerprint density at radius 1 is 0.847 bits per heavy atom. The summed E-state index contributed by atoms with van der Waals surface area (Å²) in [4.78, 5) is 33.7. The fraction of sp³-hybridized carbons (Fsp3) is 0.509. The third-order valence-corrected chi connectivity index (χ3v) is 15.3. The molecule has 0 radical (unpaired) electrons. The summed E-state index contributed by atoms with van der Waals surface area (Å²) < 4.78 is 140. The number of anilines is 2. The summed E-state index contributed by atoms with van der Waals surface area (Å²) in [5.41, 5.74) is -4.66. The Bertz CT molecular complexity index is 2860. The van der Waals surface area contributed by atoms with E-state index in [1.807, 2.05) is 0 Å². The van der Waals surface area contributed by atoms with E-state index >= 15 is 30.7 Å².